The molecule has 0 aliphatic carbocycles. The lowest BCUT2D eigenvalue weighted by molar-refractivity contribution is 0.102. The summed E-state index contributed by atoms with van der Waals surface area (Å²) in [6, 6.07) is 10.1. The maximum Gasteiger partial charge on any atom is 0.316 e. The van der Waals surface area contributed by atoms with Gasteiger partial charge >= 0.3 is 6.01 Å². The number of rotatable bonds is 4. The average Bonchev–Trinajstić information content (AvgIpc) is 2.82. The second-order valence-electron chi connectivity index (χ2n) is 8.44. The van der Waals surface area contributed by atoms with Crippen LogP contribution in [0.25, 0.3) is 10.9 Å². The van der Waals surface area contributed by atoms with Gasteiger partial charge < -0.3 is 29.7 Å². The number of hydrogen-bond donors (Lipinski definition) is 2. The lowest BCUT2D eigenvalue weighted by Crippen LogP contribution is -2.54. The molecule has 0 bridgehead atoms. The quantitative estimate of drug-likeness (QED) is 0.628. The van der Waals surface area contributed by atoms with Gasteiger partial charge in [0.2, 0.25) is 0 Å². The number of anilines is 2. The highest BCUT2D eigenvalue weighted by Gasteiger charge is 2.25. The number of carbonyl (C=O) groups excluding carboxylic acids is 1. The summed E-state index contributed by atoms with van der Waals surface area (Å²) in [5.74, 6) is 1.02. The van der Waals surface area contributed by atoms with E-state index in [1.807, 2.05) is 12.1 Å². The largest absolute Gasteiger partial charge is 0.486 e. The number of ether oxygens (including phenoxy) is 3. The number of piperazine rings is 1. The van der Waals surface area contributed by atoms with Gasteiger partial charge in [-0.05, 0) is 38.1 Å². The number of methoxy groups -OCH3 is 1. The average molecular weight is 450 g/mol. The van der Waals surface area contributed by atoms with Gasteiger partial charge in [-0.2, -0.15) is 4.98 Å². The number of carbonyl (C=O) groups is 1. The SMILES string of the molecule is COc1ncc2c(N3C[C@@H](C)N[C@@H](C)C3)ccc(C(=O)Nc3ccc4c(c3)OCCO4)c2n1. The topological polar surface area (TPSA) is 97.8 Å². The fourth-order valence-corrected chi connectivity index (χ4v) is 4.49. The minimum absolute atomic E-state index is 0.218. The summed E-state index contributed by atoms with van der Waals surface area (Å²) in [7, 11) is 1.51. The molecule has 1 fully saturated rings. The molecule has 2 N–H and O–H groups in total. The van der Waals surface area contributed by atoms with Crippen molar-refractivity contribution >= 4 is 28.2 Å². The van der Waals surface area contributed by atoms with Crippen molar-refractivity contribution in [2.24, 2.45) is 0 Å². The molecule has 1 aromatic heterocycles. The standard InChI is InChI=1S/C24H27N5O4/c1-14-12-29(13-15(2)26-14)19-6-5-17(22-18(19)11-25-24(28-22)31-3)23(30)27-16-4-7-20-21(10-16)33-9-8-32-20/h4-7,10-11,14-15,26H,8-9,12-13H2,1-3H3,(H,27,30)/t14-,15+. The van der Waals surface area contributed by atoms with E-state index in [-0.39, 0.29) is 11.9 Å². The molecule has 1 saturated heterocycles. The molecule has 1 amide bonds. The minimum atomic E-state index is -0.272. The molecule has 2 aliphatic rings. The summed E-state index contributed by atoms with van der Waals surface area (Å²) in [5.41, 5.74) is 2.62. The summed E-state index contributed by atoms with van der Waals surface area (Å²) in [4.78, 5) is 24.4. The summed E-state index contributed by atoms with van der Waals surface area (Å²) in [5, 5.41) is 7.31. The van der Waals surface area contributed by atoms with Gasteiger partial charge in [0.1, 0.15) is 13.2 Å². The van der Waals surface area contributed by atoms with Crippen molar-refractivity contribution in [3.63, 3.8) is 0 Å². The molecule has 9 heteroatoms. The monoisotopic (exact) mass is 449 g/mol. The van der Waals surface area contributed by atoms with Crippen molar-refractivity contribution in [3.8, 4) is 17.5 Å². The number of nitrogens with zero attached hydrogens (tertiary/aromatic N) is 3. The van der Waals surface area contributed by atoms with Crippen LogP contribution < -0.4 is 29.7 Å². The summed E-state index contributed by atoms with van der Waals surface area (Å²) < 4.78 is 16.4. The summed E-state index contributed by atoms with van der Waals surface area (Å²) in [6.07, 6.45) is 1.73. The van der Waals surface area contributed by atoms with Gasteiger partial charge in [0.25, 0.3) is 5.91 Å². The number of amides is 1. The fraction of sp³-hybridized carbons (Fsp3) is 0.375. The summed E-state index contributed by atoms with van der Waals surface area (Å²) >= 11 is 0. The minimum Gasteiger partial charge on any atom is -0.486 e. The normalized spacial score (nSPS) is 19.9. The molecule has 9 nitrogen and oxygen atoms in total. The van der Waals surface area contributed by atoms with E-state index >= 15 is 0 Å². The first-order chi connectivity index (χ1) is 16.0. The third-order valence-electron chi connectivity index (χ3n) is 5.83. The maximum absolute atomic E-state index is 13.3. The molecular weight excluding hydrogens is 422 g/mol. The smallest absolute Gasteiger partial charge is 0.316 e. The van der Waals surface area contributed by atoms with Crippen LogP contribution in [0.1, 0.15) is 24.2 Å². The van der Waals surface area contributed by atoms with E-state index < -0.39 is 0 Å². The molecule has 0 radical (unpaired) electrons. The number of nitrogens with one attached hydrogen (secondary N) is 2. The lowest BCUT2D eigenvalue weighted by Gasteiger charge is -2.38. The highest BCUT2D eigenvalue weighted by atomic mass is 16.6. The van der Waals surface area contributed by atoms with Gasteiger partial charge in [0.15, 0.2) is 11.5 Å². The number of hydrogen-bond acceptors (Lipinski definition) is 8. The first-order valence-corrected chi connectivity index (χ1v) is 11.1. The molecule has 0 saturated carbocycles. The van der Waals surface area contributed by atoms with Gasteiger partial charge in [-0.15, -0.1) is 0 Å². The van der Waals surface area contributed by atoms with E-state index in [1.165, 1.54) is 7.11 Å². The zero-order valence-corrected chi connectivity index (χ0v) is 18.9. The van der Waals surface area contributed by atoms with E-state index in [4.69, 9.17) is 14.2 Å². The third kappa shape index (κ3) is 4.23. The Labute approximate surface area is 192 Å². The highest BCUT2D eigenvalue weighted by molar-refractivity contribution is 6.14. The molecule has 0 unspecified atom stereocenters. The Balaban J connectivity index is 1.50. The van der Waals surface area contributed by atoms with E-state index in [0.717, 1.165) is 24.2 Å². The molecule has 2 aromatic carbocycles. The first kappa shape index (κ1) is 21.3. The van der Waals surface area contributed by atoms with E-state index in [9.17, 15) is 4.79 Å². The van der Waals surface area contributed by atoms with E-state index in [0.29, 0.717) is 53.6 Å². The fourth-order valence-electron chi connectivity index (χ4n) is 4.49. The van der Waals surface area contributed by atoms with Gasteiger partial charge in [-0.3, -0.25) is 4.79 Å². The molecule has 0 spiro atoms. The Kier molecular flexibility index (Phi) is 5.63. The van der Waals surface area contributed by atoms with Gasteiger partial charge in [0.05, 0.1) is 18.2 Å². The Hall–Kier alpha value is -3.59. The van der Waals surface area contributed by atoms with Crippen LogP contribution in [-0.4, -0.2) is 61.4 Å². The predicted molar refractivity (Wildman–Crippen MR) is 126 cm³/mol. The predicted octanol–water partition coefficient (Wildman–Crippen LogP) is 2.85. The molecule has 33 heavy (non-hydrogen) atoms. The third-order valence-corrected chi connectivity index (χ3v) is 5.83. The van der Waals surface area contributed by atoms with Gasteiger partial charge in [-0.25, -0.2) is 4.98 Å². The lowest BCUT2D eigenvalue weighted by atomic mass is 10.0. The second-order valence-corrected chi connectivity index (χ2v) is 8.44. The second kappa shape index (κ2) is 8.74. The molecular formula is C24H27N5O4. The zero-order valence-electron chi connectivity index (χ0n) is 18.9. The number of fused-ring (bicyclic) bond motifs is 2. The Morgan fingerprint density at radius 3 is 2.64 bits per heavy atom. The van der Waals surface area contributed by atoms with Crippen LogP contribution in [0, 0.1) is 0 Å². The molecule has 5 rings (SSSR count). The van der Waals surface area contributed by atoms with Crippen molar-refractivity contribution in [1.82, 2.24) is 15.3 Å². The van der Waals surface area contributed by atoms with Crippen LogP contribution in [0.3, 0.4) is 0 Å². The molecule has 2 aliphatic heterocycles. The van der Waals surface area contributed by atoms with Gasteiger partial charge in [-0.1, -0.05) is 0 Å². The van der Waals surface area contributed by atoms with E-state index in [1.54, 1.807) is 24.4 Å². The first-order valence-electron chi connectivity index (χ1n) is 11.1. The molecule has 3 aromatic rings. The van der Waals surface area contributed by atoms with E-state index in [2.05, 4.69) is 39.3 Å². The Bertz CT molecular complexity index is 1190. The van der Waals surface area contributed by atoms with Crippen LogP contribution in [0.2, 0.25) is 0 Å². The highest BCUT2D eigenvalue weighted by Crippen LogP contribution is 2.34. The van der Waals surface area contributed by atoms with Crippen molar-refractivity contribution in [2.45, 2.75) is 25.9 Å². The van der Waals surface area contributed by atoms with Crippen molar-refractivity contribution in [1.29, 1.82) is 0 Å². The summed E-state index contributed by atoms with van der Waals surface area (Å²) in [6.45, 7) is 7.04. The van der Waals surface area contributed by atoms with Crippen LogP contribution in [0.5, 0.6) is 17.5 Å². The number of benzene rings is 2. The van der Waals surface area contributed by atoms with Crippen molar-refractivity contribution in [3.05, 3.63) is 42.1 Å². The molecule has 3 heterocycles. The molecule has 172 valence electrons. The van der Waals surface area contributed by atoms with Crippen LogP contribution in [0.4, 0.5) is 11.4 Å². The zero-order chi connectivity index (χ0) is 22.9. The Morgan fingerprint density at radius 1 is 1.12 bits per heavy atom. The van der Waals surface area contributed by atoms with Crippen LogP contribution in [-0.2, 0) is 0 Å². The van der Waals surface area contributed by atoms with Crippen LogP contribution in [0.15, 0.2) is 36.5 Å². The van der Waals surface area contributed by atoms with Crippen molar-refractivity contribution < 1.29 is 19.0 Å². The maximum atomic E-state index is 13.3. The van der Waals surface area contributed by atoms with Gasteiger partial charge in [0, 0.05) is 54.2 Å². The number of aromatic nitrogens is 2. The molecule has 2 atom stereocenters. The van der Waals surface area contributed by atoms with Crippen molar-refractivity contribution in [2.75, 3.05) is 43.6 Å². The van der Waals surface area contributed by atoms with Crippen LogP contribution >= 0.6 is 0 Å². The Morgan fingerprint density at radius 2 is 1.88 bits per heavy atom.